The Hall–Kier alpha value is -3.10. The van der Waals surface area contributed by atoms with Crippen molar-refractivity contribution in [2.45, 2.75) is 78.4 Å². The van der Waals surface area contributed by atoms with E-state index >= 15 is 0 Å². The van der Waals surface area contributed by atoms with Crippen molar-refractivity contribution in [3.05, 3.63) is 29.8 Å². The molecule has 0 unspecified atom stereocenters. The third-order valence-electron chi connectivity index (χ3n) is 6.13. The number of nitrogens with zero attached hydrogens (tertiary/aromatic N) is 1. The van der Waals surface area contributed by atoms with Crippen LogP contribution in [0.4, 0.5) is 0 Å². The zero-order valence-electron chi connectivity index (χ0n) is 21.6. The molecule has 1 heterocycles. The van der Waals surface area contributed by atoms with Crippen LogP contribution in [0.5, 0.6) is 5.75 Å². The van der Waals surface area contributed by atoms with E-state index in [9.17, 15) is 19.2 Å². The highest BCUT2D eigenvalue weighted by molar-refractivity contribution is 6.01. The molecule has 194 valence electrons. The maximum atomic E-state index is 13.3. The molecule has 0 saturated heterocycles. The van der Waals surface area contributed by atoms with Gasteiger partial charge < -0.3 is 25.6 Å². The lowest BCUT2D eigenvalue weighted by atomic mass is 10.0. The van der Waals surface area contributed by atoms with Crippen molar-refractivity contribution >= 4 is 23.6 Å². The summed E-state index contributed by atoms with van der Waals surface area (Å²) in [6, 6.07) is 4.84. The molecule has 1 aromatic rings. The highest BCUT2D eigenvalue weighted by Crippen LogP contribution is 2.19. The SMILES string of the molecule is CCC(CC)NC(=O)[C@@H]1CC(=O)N[C@@H](CC(C)C)C(=O)N(CC)CCOc2ccccc2C(=O)N1. The Morgan fingerprint density at radius 1 is 1.11 bits per heavy atom. The van der Waals surface area contributed by atoms with Gasteiger partial charge in [0.05, 0.1) is 18.5 Å². The normalized spacial score (nSPS) is 20.0. The zero-order chi connectivity index (χ0) is 26.0. The van der Waals surface area contributed by atoms with Gasteiger partial charge in [0, 0.05) is 12.6 Å². The summed E-state index contributed by atoms with van der Waals surface area (Å²) in [7, 11) is 0. The molecule has 2 atom stereocenters. The molecule has 0 aliphatic carbocycles. The standard InChI is InChI=1S/C26H40N4O5/c1-6-18(7-2)27-25(33)20-16-23(31)28-21(15-17(4)5)26(34)30(8-3)13-14-35-22-12-10-9-11-19(22)24(32)29-20/h9-12,17-18,20-21H,6-8,13-16H2,1-5H3,(H,27,33)(H,28,31)(H,29,32)/t20-,21-/m0/s1. The molecule has 1 aliphatic heterocycles. The van der Waals surface area contributed by atoms with Crippen LogP contribution >= 0.6 is 0 Å². The van der Waals surface area contributed by atoms with Crippen LogP contribution in [0.3, 0.4) is 0 Å². The number of carbonyl (C=O) groups is 4. The van der Waals surface area contributed by atoms with Gasteiger partial charge >= 0.3 is 0 Å². The molecule has 0 saturated carbocycles. The Labute approximate surface area is 208 Å². The van der Waals surface area contributed by atoms with Crippen LogP contribution < -0.4 is 20.7 Å². The molecule has 0 fully saturated rings. The molecule has 3 N–H and O–H groups in total. The topological polar surface area (TPSA) is 117 Å². The molecule has 0 aromatic heterocycles. The molecule has 9 heteroatoms. The number of fused-ring (bicyclic) bond motifs is 1. The van der Waals surface area contributed by atoms with Gasteiger partial charge in [-0.05, 0) is 44.2 Å². The highest BCUT2D eigenvalue weighted by atomic mass is 16.5. The van der Waals surface area contributed by atoms with Crippen molar-refractivity contribution in [2.75, 3.05) is 19.7 Å². The van der Waals surface area contributed by atoms with Crippen LogP contribution in [-0.4, -0.2) is 66.4 Å². The molecule has 1 aliphatic rings. The Balaban J connectivity index is 2.41. The number of carbonyl (C=O) groups excluding carboxylic acids is 4. The first-order chi connectivity index (χ1) is 16.7. The second-order valence-corrected chi connectivity index (χ2v) is 9.26. The van der Waals surface area contributed by atoms with Crippen molar-refractivity contribution in [1.29, 1.82) is 0 Å². The lowest BCUT2D eigenvalue weighted by Crippen LogP contribution is -2.54. The Kier molecular flexibility index (Phi) is 11.0. The average molecular weight is 489 g/mol. The third-order valence-corrected chi connectivity index (χ3v) is 6.13. The van der Waals surface area contributed by atoms with E-state index in [0.29, 0.717) is 25.3 Å². The van der Waals surface area contributed by atoms with Crippen LogP contribution in [0.15, 0.2) is 24.3 Å². The van der Waals surface area contributed by atoms with Crippen molar-refractivity contribution in [2.24, 2.45) is 5.92 Å². The average Bonchev–Trinajstić information content (AvgIpc) is 2.83. The Morgan fingerprint density at radius 2 is 1.80 bits per heavy atom. The number of para-hydroxylation sites is 1. The van der Waals surface area contributed by atoms with Crippen molar-refractivity contribution in [3.63, 3.8) is 0 Å². The number of hydrogen-bond donors (Lipinski definition) is 3. The summed E-state index contributed by atoms with van der Waals surface area (Å²) in [5.74, 6) is -1.07. The smallest absolute Gasteiger partial charge is 0.255 e. The summed E-state index contributed by atoms with van der Waals surface area (Å²) >= 11 is 0. The summed E-state index contributed by atoms with van der Waals surface area (Å²) < 4.78 is 5.87. The molecule has 35 heavy (non-hydrogen) atoms. The summed E-state index contributed by atoms with van der Waals surface area (Å²) in [6.07, 6.45) is 1.63. The van der Waals surface area contributed by atoms with Gasteiger partial charge in [-0.1, -0.05) is 39.8 Å². The first-order valence-corrected chi connectivity index (χ1v) is 12.6. The number of nitrogens with one attached hydrogen (secondary N) is 3. The van der Waals surface area contributed by atoms with Gasteiger partial charge in [-0.3, -0.25) is 19.2 Å². The number of ether oxygens (including phenoxy) is 1. The van der Waals surface area contributed by atoms with Gasteiger partial charge in [-0.2, -0.15) is 0 Å². The first-order valence-electron chi connectivity index (χ1n) is 12.6. The fraction of sp³-hybridized carbons (Fsp3) is 0.615. The molecule has 9 nitrogen and oxygen atoms in total. The molecule has 1 aromatic carbocycles. The Morgan fingerprint density at radius 3 is 2.43 bits per heavy atom. The summed E-state index contributed by atoms with van der Waals surface area (Å²) in [5, 5.41) is 8.44. The number of likely N-dealkylation sites (N-methyl/N-ethyl adjacent to an activating group) is 1. The van der Waals surface area contributed by atoms with Gasteiger partial charge in [-0.25, -0.2) is 0 Å². The molecule has 0 bridgehead atoms. The second kappa shape index (κ2) is 13.7. The van der Waals surface area contributed by atoms with Crippen molar-refractivity contribution in [3.8, 4) is 5.75 Å². The van der Waals surface area contributed by atoms with E-state index in [-0.39, 0.29) is 36.5 Å². The molecule has 4 amide bonds. The van der Waals surface area contributed by atoms with Gasteiger partial charge in [0.2, 0.25) is 17.7 Å². The van der Waals surface area contributed by atoms with E-state index in [2.05, 4.69) is 16.0 Å². The minimum absolute atomic E-state index is 0.0699. The van der Waals surface area contributed by atoms with Gasteiger partial charge in [0.15, 0.2) is 0 Å². The predicted octanol–water partition coefficient (Wildman–Crippen LogP) is 2.25. The number of hydrogen-bond acceptors (Lipinski definition) is 5. The van der Waals surface area contributed by atoms with E-state index < -0.39 is 29.8 Å². The van der Waals surface area contributed by atoms with E-state index in [0.717, 1.165) is 12.8 Å². The van der Waals surface area contributed by atoms with E-state index in [1.807, 2.05) is 34.6 Å². The van der Waals surface area contributed by atoms with Gasteiger partial charge in [-0.15, -0.1) is 0 Å². The van der Waals surface area contributed by atoms with Crippen LogP contribution in [0.1, 0.15) is 70.7 Å². The summed E-state index contributed by atoms with van der Waals surface area (Å²) in [6.45, 7) is 10.7. The van der Waals surface area contributed by atoms with E-state index in [1.165, 1.54) is 0 Å². The van der Waals surface area contributed by atoms with Gasteiger partial charge in [0.25, 0.3) is 5.91 Å². The molecule has 0 spiro atoms. The quantitative estimate of drug-likeness (QED) is 0.544. The highest BCUT2D eigenvalue weighted by Gasteiger charge is 2.31. The molecule has 2 rings (SSSR count). The van der Waals surface area contributed by atoms with E-state index in [1.54, 1.807) is 29.2 Å². The summed E-state index contributed by atoms with van der Waals surface area (Å²) in [5.41, 5.74) is 0.261. The van der Waals surface area contributed by atoms with Crippen LogP contribution in [0.25, 0.3) is 0 Å². The monoisotopic (exact) mass is 488 g/mol. The lowest BCUT2D eigenvalue weighted by molar-refractivity contribution is -0.137. The largest absolute Gasteiger partial charge is 0.491 e. The Bertz CT molecular complexity index is 884. The number of rotatable bonds is 7. The van der Waals surface area contributed by atoms with Gasteiger partial charge in [0.1, 0.15) is 24.4 Å². The third kappa shape index (κ3) is 8.26. The van der Waals surface area contributed by atoms with Crippen LogP contribution in [0, 0.1) is 5.92 Å². The zero-order valence-corrected chi connectivity index (χ0v) is 21.6. The molecule has 0 radical (unpaired) electrons. The number of benzene rings is 1. The van der Waals surface area contributed by atoms with E-state index in [4.69, 9.17) is 4.74 Å². The minimum atomic E-state index is -1.10. The van der Waals surface area contributed by atoms with Crippen LogP contribution in [0.2, 0.25) is 0 Å². The van der Waals surface area contributed by atoms with Crippen LogP contribution in [-0.2, 0) is 14.4 Å². The second-order valence-electron chi connectivity index (χ2n) is 9.26. The summed E-state index contributed by atoms with van der Waals surface area (Å²) in [4.78, 5) is 54.2. The maximum Gasteiger partial charge on any atom is 0.255 e. The number of amides is 4. The van der Waals surface area contributed by atoms with Crippen molar-refractivity contribution < 1.29 is 23.9 Å². The minimum Gasteiger partial charge on any atom is -0.491 e. The molecular formula is C26H40N4O5. The first kappa shape index (κ1) is 28.1. The van der Waals surface area contributed by atoms with Crippen molar-refractivity contribution in [1.82, 2.24) is 20.9 Å². The fourth-order valence-electron chi connectivity index (χ4n) is 4.06. The predicted molar refractivity (Wildman–Crippen MR) is 134 cm³/mol. The molecular weight excluding hydrogens is 448 g/mol. The lowest BCUT2D eigenvalue weighted by Gasteiger charge is -2.29. The fourth-order valence-corrected chi connectivity index (χ4v) is 4.06. The maximum absolute atomic E-state index is 13.3.